The number of nitrogens with one attached hydrogen (secondary N) is 1. The van der Waals surface area contributed by atoms with Crippen LogP contribution in [0.5, 0.6) is 17.2 Å². The van der Waals surface area contributed by atoms with Gasteiger partial charge in [-0.05, 0) is 42.0 Å². The van der Waals surface area contributed by atoms with Crippen molar-refractivity contribution in [3.05, 3.63) is 60.7 Å². The molecular formula is C21H21NO4. The first-order chi connectivity index (χ1) is 12.7. The number of hydrogen-bond acceptors (Lipinski definition) is 4. The third kappa shape index (κ3) is 4.25. The molecule has 0 saturated heterocycles. The number of amides is 1. The summed E-state index contributed by atoms with van der Waals surface area (Å²) in [6, 6.07) is 19.0. The number of anilines is 1. The van der Waals surface area contributed by atoms with E-state index in [1.807, 2.05) is 49.4 Å². The van der Waals surface area contributed by atoms with Crippen LogP contribution in [0.1, 0.15) is 6.92 Å². The van der Waals surface area contributed by atoms with Gasteiger partial charge < -0.3 is 19.5 Å². The Kier molecular flexibility index (Phi) is 5.59. The number of ether oxygens (including phenoxy) is 3. The van der Waals surface area contributed by atoms with Crippen LogP contribution in [-0.4, -0.2) is 26.2 Å². The molecule has 0 heterocycles. The Bertz CT molecular complexity index is 907. The normalized spacial score (nSPS) is 10.4. The lowest BCUT2D eigenvalue weighted by molar-refractivity contribution is -0.118. The Morgan fingerprint density at radius 1 is 0.923 bits per heavy atom. The van der Waals surface area contributed by atoms with E-state index in [0.717, 1.165) is 10.8 Å². The van der Waals surface area contributed by atoms with Crippen LogP contribution >= 0.6 is 0 Å². The smallest absolute Gasteiger partial charge is 0.262 e. The molecule has 26 heavy (non-hydrogen) atoms. The molecule has 0 spiro atoms. The standard InChI is InChI=1S/C21H21NO4/c1-3-25-20-11-10-17(24-2)13-19(20)22-21(23)14-26-18-9-8-15-6-4-5-7-16(15)12-18/h4-13H,3,14H2,1-2H3,(H,22,23). The highest BCUT2D eigenvalue weighted by molar-refractivity contribution is 5.93. The lowest BCUT2D eigenvalue weighted by Gasteiger charge is -2.13. The molecule has 0 radical (unpaired) electrons. The summed E-state index contributed by atoms with van der Waals surface area (Å²) in [5, 5.41) is 5.00. The Morgan fingerprint density at radius 3 is 2.46 bits per heavy atom. The van der Waals surface area contributed by atoms with Crippen LogP contribution < -0.4 is 19.5 Å². The fraction of sp³-hybridized carbons (Fsp3) is 0.190. The first-order valence-electron chi connectivity index (χ1n) is 8.42. The minimum Gasteiger partial charge on any atom is -0.497 e. The number of carbonyl (C=O) groups excluding carboxylic acids is 1. The number of benzene rings is 3. The second-order valence-corrected chi connectivity index (χ2v) is 5.64. The zero-order valence-corrected chi connectivity index (χ0v) is 14.8. The molecule has 0 aliphatic heterocycles. The average Bonchev–Trinajstić information content (AvgIpc) is 2.67. The first kappa shape index (κ1) is 17.6. The molecule has 0 aliphatic rings. The molecule has 0 bridgehead atoms. The van der Waals surface area contributed by atoms with Crippen molar-refractivity contribution >= 4 is 22.4 Å². The molecule has 0 saturated carbocycles. The average molecular weight is 351 g/mol. The van der Waals surface area contributed by atoms with E-state index >= 15 is 0 Å². The Morgan fingerprint density at radius 2 is 1.69 bits per heavy atom. The quantitative estimate of drug-likeness (QED) is 0.691. The van der Waals surface area contributed by atoms with Crippen LogP contribution in [0.4, 0.5) is 5.69 Å². The largest absolute Gasteiger partial charge is 0.497 e. The Hall–Kier alpha value is -3.21. The minimum absolute atomic E-state index is 0.0961. The van der Waals surface area contributed by atoms with Gasteiger partial charge in [0.25, 0.3) is 5.91 Å². The molecule has 0 fully saturated rings. The monoisotopic (exact) mass is 351 g/mol. The highest BCUT2D eigenvalue weighted by atomic mass is 16.5. The molecule has 5 heteroatoms. The first-order valence-corrected chi connectivity index (χ1v) is 8.42. The van der Waals surface area contributed by atoms with Gasteiger partial charge in [-0.3, -0.25) is 4.79 Å². The summed E-state index contributed by atoms with van der Waals surface area (Å²) in [6.07, 6.45) is 0. The number of fused-ring (bicyclic) bond motifs is 1. The van der Waals surface area contributed by atoms with Crippen LogP contribution in [0.15, 0.2) is 60.7 Å². The summed E-state index contributed by atoms with van der Waals surface area (Å²) >= 11 is 0. The molecule has 3 rings (SSSR count). The predicted molar refractivity (Wildman–Crippen MR) is 102 cm³/mol. The van der Waals surface area contributed by atoms with Crippen molar-refractivity contribution in [1.82, 2.24) is 0 Å². The van der Waals surface area contributed by atoms with Gasteiger partial charge in [-0.15, -0.1) is 0 Å². The molecule has 134 valence electrons. The van der Waals surface area contributed by atoms with Gasteiger partial charge in [0.1, 0.15) is 17.2 Å². The van der Waals surface area contributed by atoms with E-state index in [0.29, 0.717) is 29.5 Å². The molecule has 3 aromatic rings. The van der Waals surface area contributed by atoms with Gasteiger partial charge in [0.2, 0.25) is 0 Å². The number of methoxy groups -OCH3 is 1. The number of hydrogen-bond donors (Lipinski definition) is 1. The van der Waals surface area contributed by atoms with Crippen LogP contribution in [0, 0.1) is 0 Å². The van der Waals surface area contributed by atoms with Gasteiger partial charge in [0.05, 0.1) is 19.4 Å². The van der Waals surface area contributed by atoms with Crippen molar-refractivity contribution in [3.63, 3.8) is 0 Å². The van der Waals surface area contributed by atoms with E-state index in [1.165, 1.54) is 0 Å². The van der Waals surface area contributed by atoms with Crippen molar-refractivity contribution in [2.45, 2.75) is 6.92 Å². The lowest BCUT2D eigenvalue weighted by Crippen LogP contribution is -2.20. The van der Waals surface area contributed by atoms with Crippen molar-refractivity contribution in [2.24, 2.45) is 0 Å². The third-order valence-corrected chi connectivity index (χ3v) is 3.85. The van der Waals surface area contributed by atoms with Crippen molar-refractivity contribution in [2.75, 3.05) is 25.6 Å². The van der Waals surface area contributed by atoms with Crippen molar-refractivity contribution < 1.29 is 19.0 Å². The fourth-order valence-corrected chi connectivity index (χ4v) is 2.61. The Labute approximate surface area is 152 Å². The maximum absolute atomic E-state index is 12.3. The summed E-state index contributed by atoms with van der Waals surface area (Å²) < 4.78 is 16.4. The summed E-state index contributed by atoms with van der Waals surface area (Å²) in [5.74, 6) is 1.61. The van der Waals surface area contributed by atoms with E-state index < -0.39 is 0 Å². The zero-order chi connectivity index (χ0) is 18.4. The maximum Gasteiger partial charge on any atom is 0.262 e. The van der Waals surface area contributed by atoms with Crippen LogP contribution in [0.25, 0.3) is 10.8 Å². The topological polar surface area (TPSA) is 56.8 Å². The molecular weight excluding hydrogens is 330 g/mol. The third-order valence-electron chi connectivity index (χ3n) is 3.85. The van der Waals surface area contributed by atoms with E-state index in [-0.39, 0.29) is 12.5 Å². The summed E-state index contributed by atoms with van der Waals surface area (Å²) in [6.45, 7) is 2.29. The fourth-order valence-electron chi connectivity index (χ4n) is 2.61. The SMILES string of the molecule is CCOc1ccc(OC)cc1NC(=O)COc1ccc2ccccc2c1. The molecule has 3 aromatic carbocycles. The van der Waals surface area contributed by atoms with Crippen LogP contribution in [-0.2, 0) is 4.79 Å². The van der Waals surface area contributed by atoms with Crippen LogP contribution in [0.3, 0.4) is 0 Å². The van der Waals surface area contributed by atoms with Gasteiger partial charge in [-0.25, -0.2) is 0 Å². The van der Waals surface area contributed by atoms with Gasteiger partial charge in [-0.2, -0.15) is 0 Å². The molecule has 1 amide bonds. The highest BCUT2D eigenvalue weighted by Crippen LogP contribution is 2.29. The maximum atomic E-state index is 12.3. The summed E-state index contributed by atoms with van der Waals surface area (Å²) in [7, 11) is 1.57. The highest BCUT2D eigenvalue weighted by Gasteiger charge is 2.10. The second kappa shape index (κ2) is 8.25. The van der Waals surface area contributed by atoms with Crippen molar-refractivity contribution in [1.29, 1.82) is 0 Å². The predicted octanol–water partition coefficient (Wildman–Crippen LogP) is 4.26. The van der Waals surface area contributed by atoms with E-state index in [2.05, 4.69) is 5.32 Å². The molecule has 5 nitrogen and oxygen atoms in total. The van der Waals surface area contributed by atoms with Crippen LogP contribution in [0.2, 0.25) is 0 Å². The Balaban J connectivity index is 1.66. The molecule has 0 atom stereocenters. The van der Waals surface area contributed by atoms with Gasteiger partial charge in [0.15, 0.2) is 6.61 Å². The molecule has 0 aliphatic carbocycles. The number of rotatable bonds is 7. The van der Waals surface area contributed by atoms with Gasteiger partial charge in [0, 0.05) is 6.07 Å². The summed E-state index contributed by atoms with van der Waals surface area (Å²) in [4.78, 5) is 12.3. The van der Waals surface area contributed by atoms with E-state index in [1.54, 1.807) is 25.3 Å². The molecule has 0 unspecified atom stereocenters. The number of carbonyl (C=O) groups is 1. The molecule has 1 N–H and O–H groups in total. The zero-order valence-electron chi connectivity index (χ0n) is 14.8. The molecule has 0 aromatic heterocycles. The summed E-state index contributed by atoms with van der Waals surface area (Å²) in [5.41, 5.74) is 0.554. The second-order valence-electron chi connectivity index (χ2n) is 5.64. The van der Waals surface area contributed by atoms with Crippen molar-refractivity contribution in [3.8, 4) is 17.2 Å². The van der Waals surface area contributed by atoms with Gasteiger partial charge >= 0.3 is 0 Å². The van der Waals surface area contributed by atoms with Gasteiger partial charge in [-0.1, -0.05) is 30.3 Å². The lowest BCUT2D eigenvalue weighted by atomic mass is 10.1. The minimum atomic E-state index is -0.271. The van der Waals surface area contributed by atoms with E-state index in [4.69, 9.17) is 14.2 Å². The van der Waals surface area contributed by atoms with E-state index in [9.17, 15) is 4.79 Å².